The molecule has 2 aromatic heterocycles. The number of thiophene rings is 1. The maximum absolute atomic E-state index is 13.9. The van der Waals surface area contributed by atoms with Crippen LogP contribution in [0.25, 0.3) is 5.00 Å². The molecule has 6 heteroatoms. The predicted octanol–water partition coefficient (Wildman–Crippen LogP) is 6.24. The van der Waals surface area contributed by atoms with Gasteiger partial charge < -0.3 is 19.5 Å². The molecule has 2 aliphatic rings. The number of nitrogens with zero attached hydrogens (tertiary/aromatic N) is 2. The molecule has 1 aliphatic carbocycles. The molecule has 0 saturated heterocycles. The number of rotatable bonds is 4. The maximum atomic E-state index is 13.9. The first kappa shape index (κ1) is 22.0. The number of carbonyl (C=O) groups is 1. The number of aryl methyl sites for hydroxylation is 1. The van der Waals surface area contributed by atoms with Crippen LogP contribution in [-0.4, -0.2) is 22.6 Å². The molecular weight excluding hydrogens is 454 g/mol. The van der Waals surface area contributed by atoms with Crippen LogP contribution in [0.4, 0.5) is 4.79 Å². The van der Waals surface area contributed by atoms with E-state index in [9.17, 15) is 4.79 Å². The van der Waals surface area contributed by atoms with Crippen molar-refractivity contribution in [3.05, 3.63) is 106 Å². The second-order valence-electron chi connectivity index (χ2n) is 9.25. The van der Waals surface area contributed by atoms with Gasteiger partial charge in [0.15, 0.2) is 0 Å². The van der Waals surface area contributed by atoms with Gasteiger partial charge in [0.1, 0.15) is 10.8 Å². The fourth-order valence-corrected chi connectivity index (χ4v) is 6.83. The molecule has 3 heterocycles. The molecule has 2 amide bonds. The van der Waals surface area contributed by atoms with E-state index < -0.39 is 0 Å². The van der Waals surface area contributed by atoms with E-state index in [0.717, 1.165) is 35.4 Å². The highest BCUT2D eigenvalue weighted by Gasteiger charge is 2.36. The molecule has 0 fully saturated rings. The summed E-state index contributed by atoms with van der Waals surface area (Å²) in [6.45, 7) is 1.09. The number of fused-ring (bicyclic) bond motifs is 5. The number of methoxy groups -OCH3 is 1. The summed E-state index contributed by atoms with van der Waals surface area (Å²) in [5, 5.41) is 4.47. The van der Waals surface area contributed by atoms with Crippen molar-refractivity contribution >= 4 is 17.4 Å². The van der Waals surface area contributed by atoms with E-state index in [1.54, 1.807) is 7.11 Å². The first-order valence-corrected chi connectivity index (χ1v) is 13.1. The Morgan fingerprint density at radius 1 is 1.03 bits per heavy atom. The van der Waals surface area contributed by atoms with Crippen molar-refractivity contribution in [3.8, 4) is 10.8 Å². The average molecular weight is 484 g/mol. The van der Waals surface area contributed by atoms with E-state index in [-0.39, 0.29) is 12.1 Å². The zero-order valence-corrected chi connectivity index (χ0v) is 20.7. The normalized spacial score (nSPS) is 16.6. The minimum absolute atomic E-state index is 0.0574. The summed E-state index contributed by atoms with van der Waals surface area (Å²) in [5.74, 6) is 0.793. The number of urea groups is 1. The summed E-state index contributed by atoms with van der Waals surface area (Å²) in [5.41, 5.74) is 6.00. The Bertz CT molecular complexity index is 1360. The summed E-state index contributed by atoms with van der Waals surface area (Å²) >= 11 is 1.91. The van der Waals surface area contributed by atoms with E-state index >= 15 is 0 Å². The smallest absolute Gasteiger partial charge is 0.318 e. The Balaban J connectivity index is 1.45. The zero-order chi connectivity index (χ0) is 23.8. The molecule has 0 unspecified atom stereocenters. The van der Waals surface area contributed by atoms with Crippen molar-refractivity contribution in [1.29, 1.82) is 0 Å². The highest BCUT2D eigenvalue weighted by atomic mass is 32.1. The fraction of sp³-hybridized carbons (Fsp3) is 0.276. The first-order valence-electron chi connectivity index (χ1n) is 12.3. The third-order valence-corrected chi connectivity index (χ3v) is 8.47. The Hall–Kier alpha value is -3.51. The number of benzene rings is 2. The van der Waals surface area contributed by atoms with Gasteiger partial charge in [-0.05, 0) is 66.6 Å². The number of carbonyl (C=O) groups excluding carboxylic acids is 1. The quantitative estimate of drug-likeness (QED) is 0.373. The standard InChI is InChI=1S/C29H29N3O2S/c1-34-22-12-7-11-21(17-22)27-25-14-8-16-31(25)28-24(23-13-5-6-15-26(23)35-28)19-32(27)29(33)30-18-20-9-3-2-4-10-20/h2-4,7-12,14,16-17,27H,5-6,13,15,18-19H2,1H3,(H,30,33)/t27-/m1/s1. The van der Waals surface area contributed by atoms with Crippen molar-refractivity contribution in [1.82, 2.24) is 14.8 Å². The van der Waals surface area contributed by atoms with Gasteiger partial charge >= 0.3 is 6.03 Å². The van der Waals surface area contributed by atoms with Gasteiger partial charge in [0.05, 0.1) is 25.4 Å². The summed E-state index contributed by atoms with van der Waals surface area (Å²) in [6, 6.07) is 22.1. The maximum Gasteiger partial charge on any atom is 0.318 e. The van der Waals surface area contributed by atoms with Gasteiger partial charge in [-0.15, -0.1) is 11.3 Å². The molecule has 0 saturated carbocycles. The molecule has 2 aromatic carbocycles. The van der Waals surface area contributed by atoms with Crippen LogP contribution in [0.3, 0.4) is 0 Å². The van der Waals surface area contributed by atoms with Crippen LogP contribution in [0.15, 0.2) is 72.9 Å². The number of nitrogens with one attached hydrogen (secondary N) is 1. The molecule has 5 nitrogen and oxygen atoms in total. The molecule has 1 atom stereocenters. The van der Waals surface area contributed by atoms with Crippen LogP contribution in [0.2, 0.25) is 0 Å². The molecule has 178 valence electrons. The minimum atomic E-state index is -0.227. The van der Waals surface area contributed by atoms with Crippen molar-refractivity contribution in [2.75, 3.05) is 7.11 Å². The summed E-state index contributed by atoms with van der Waals surface area (Å²) < 4.78 is 7.86. The number of ether oxygens (including phenoxy) is 1. The molecule has 4 aromatic rings. The van der Waals surface area contributed by atoms with Crippen LogP contribution in [0.5, 0.6) is 5.75 Å². The van der Waals surface area contributed by atoms with Gasteiger partial charge in [0.25, 0.3) is 0 Å². The zero-order valence-electron chi connectivity index (χ0n) is 19.9. The monoisotopic (exact) mass is 483 g/mol. The predicted molar refractivity (Wildman–Crippen MR) is 139 cm³/mol. The van der Waals surface area contributed by atoms with Crippen LogP contribution < -0.4 is 10.1 Å². The van der Waals surface area contributed by atoms with E-state index in [0.29, 0.717) is 13.1 Å². The van der Waals surface area contributed by atoms with E-state index in [1.807, 2.05) is 64.8 Å². The molecule has 0 bridgehead atoms. The molecule has 35 heavy (non-hydrogen) atoms. The summed E-state index contributed by atoms with van der Waals surface area (Å²) in [7, 11) is 1.68. The second-order valence-corrected chi connectivity index (χ2v) is 10.3. The van der Waals surface area contributed by atoms with Crippen molar-refractivity contribution in [2.24, 2.45) is 0 Å². The average Bonchev–Trinajstić information content (AvgIpc) is 3.49. The summed E-state index contributed by atoms with van der Waals surface area (Å²) in [4.78, 5) is 17.4. The van der Waals surface area contributed by atoms with Crippen molar-refractivity contribution in [3.63, 3.8) is 0 Å². The van der Waals surface area contributed by atoms with Crippen LogP contribution in [0.1, 0.15) is 51.7 Å². The number of hydrogen-bond acceptors (Lipinski definition) is 3. The minimum Gasteiger partial charge on any atom is -0.497 e. The molecule has 6 rings (SSSR count). The lowest BCUT2D eigenvalue weighted by atomic mass is 9.95. The SMILES string of the molecule is COc1cccc([C@@H]2c3cccn3-c3sc4c(c3CN2C(=O)NCc2ccccc2)CCCC4)c1. The molecule has 1 aliphatic heterocycles. The number of amides is 2. The topological polar surface area (TPSA) is 46.5 Å². The molecule has 1 N–H and O–H groups in total. The molecule has 0 radical (unpaired) electrons. The third kappa shape index (κ3) is 4.02. The Morgan fingerprint density at radius 2 is 1.89 bits per heavy atom. The largest absolute Gasteiger partial charge is 0.497 e. The fourth-order valence-electron chi connectivity index (χ4n) is 5.42. The van der Waals surface area contributed by atoms with Crippen LogP contribution in [-0.2, 0) is 25.9 Å². The van der Waals surface area contributed by atoms with Crippen LogP contribution in [0, 0.1) is 0 Å². The van der Waals surface area contributed by atoms with E-state index in [2.05, 4.69) is 34.3 Å². The van der Waals surface area contributed by atoms with Gasteiger partial charge in [0, 0.05) is 23.2 Å². The van der Waals surface area contributed by atoms with Gasteiger partial charge in [0.2, 0.25) is 0 Å². The lowest BCUT2D eigenvalue weighted by Gasteiger charge is -2.31. The number of hydrogen-bond donors (Lipinski definition) is 1. The lowest BCUT2D eigenvalue weighted by molar-refractivity contribution is 0.180. The Kier molecular flexibility index (Phi) is 5.82. The molecular formula is C29H29N3O2S. The van der Waals surface area contributed by atoms with Crippen LogP contribution >= 0.6 is 11.3 Å². The third-order valence-electron chi connectivity index (χ3n) is 7.14. The van der Waals surface area contributed by atoms with Crippen molar-refractivity contribution in [2.45, 2.75) is 44.8 Å². The highest BCUT2D eigenvalue weighted by molar-refractivity contribution is 7.15. The van der Waals surface area contributed by atoms with E-state index in [4.69, 9.17) is 4.74 Å². The molecule has 0 spiro atoms. The second kappa shape index (κ2) is 9.27. The lowest BCUT2D eigenvalue weighted by Crippen LogP contribution is -2.41. The van der Waals surface area contributed by atoms with Gasteiger partial charge in [-0.25, -0.2) is 4.79 Å². The summed E-state index contributed by atoms with van der Waals surface area (Å²) in [6.07, 6.45) is 6.85. The Labute approximate surface area is 210 Å². The van der Waals surface area contributed by atoms with Gasteiger partial charge in [-0.1, -0.05) is 42.5 Å². The highest BCUT2D eigenvalue weighted by Crippen LogP contribution is 2.44. The van der Waals surface area contributed by atoms with E-state index in [1.165, 1.54) is 33.8 Å². The first-order chi connectivity index (χ1) is 17.2. The Morgan fingerprint density at radius 3 is 2.74 bits per heavy atom. The number of aromatic nitrogens is 1. The van der Waals surface area contributed by atoms with Gasteiger partial charge in [-0.2, -0.15) is 0 Å². The van der Waals surface area contributed by atoms with Crippen molar-refractivity contribution < 1.29 is 9.53 Å². The van der Waals surface area contributed by atoms with Gasteiger partial charge in [-0.3, -0.25) is 0 Å².